The predicted molar refractivity (Wildman–Crippen MR) is 80.2 cm³/mol. The first-order valence-electron chi connectivity index (χ1n) is 6.66. The van der Waals surface area contributed by atoms with Crippen molar-refractivity contribution in [1.82, 2.24) is 15.8 Å². The fourth-order valence-electron chi connectivity index (χ4n) is 2.28. The third kappa shape index (κ3) is 3.01. The molecule has 20 heavy (non-hydrogen) atoms. The molecule has 1 aromatic heterocycles. The van der Waals surface area contributed by atoms with Gasteiger partial charge in [-0.1, -0.05) is 30.3 Å². The van der Waals surface area contributed by atoms with Gasteiger partial charge in [-0.05, 0) is 17.7 Å². The van der Waals surface area contributed by atoms with E-state index in [1.54, 1.807) is 12.4 Å². The van der Waals surface area contributed by atoms with Crippen molar-refractivity contribution >= 4 is 11.9 Å². The summed E-state index contributed by atoms with van der Waals surface area (Å²) in [7, 11) is 0. The van der Waals surface area contributed by atoms with Crippen molar-refractivity contribution in [2.45, 2.75) is 6.04 Å². The van der Waals surface area contributed by atoms with E-state index in [0.29, 0.717) is 5.92 Å². The Labute approximate surface area is 118 Å². The lowest BCUT2D eigenvalue weighted by molar-refractivity contribution is 0.557. The van der Waals surface area contributed by atoms with Crippen LogP contribution in [0.5, 0.6) is 0 Å². The highest BCUT2D eigenvalue weighted by molar-refractivity contribution is 5.64. The van der Waals surface area contributed by atoms with Crippen LogP contribution in [0.4, 0.5) is 5.69 Å². The summed E-state index contributed by atoms with van der Waals surface area (Å²) in [5.74, 6) is 0.312. The lowest BCUT2D eigenvalue weighted by Crippen LogP contribution is -2.25. The molecular formula is C15H17N5. The summed E-state index contributed by atoms with van der Waals surface area (Å²) < 4.78 is 0. The molecule has 5 heteroatoms. The molecule has 0 saturated carbocycles. The first-order chi connectivity index (χ1) is 9.93. The summed E-state index contributed by atoms with van der Waals surface area (Å²) in [6.07, 6.45) is 5.43. The van der Waals surface area contributed by atoms with Crippen molar-refractivity contribution in [3.8, 4) is 0 Å². The number of hydrazone groups is 1. The summed E-state index contributed by atoms with van der Waals surface area (Å²) in [6, 6.07) is 14.4. The van der Waals surface area contributed by atoms with Gasteiger partial charge in [0.2, 0.25) is 0 Å². The Morgan fingerprint density at radius 3 is 2.75 bits per heavy atom. The van der Waals surface area contributed by atoms with Crippen molar-refractivity contribution in [3.63, 3.8) is 0 Å². The van der Waals surface area contributed by atoms with E-state index in [0.717, 1.165) is 12.2 Å². The molecule has 2 heterocycles. The Bertz CT molecular complexity index is 555. The minimum absolute atomic E-state index is 0.249. The molecule has 0 radical (unpaired) electrons. The highest BCUT2D eigenvalue weighted by Gasteiger charge is 2.26. The van der Waals surface area contributed by atoms with Gasteiger partial charge in [-0.3, -0.25) is 15.8 Å². The molecule has 1 aliphatic rings. The van der Waals surface area contributed by atoms with Crippen molar-refractivity contribution in [2.24, 2.45) is 11.0 Å². The van der Waals surface area contributed by atoms with Gasteiger partial charge < -0.3 is 0 Å². The largest absolute Gasteiger partial charge is 0.279 e. The molecule has 1 fully saturated rings. The molecular weight excluding hydrogens is 250 g/mol. The van der Waals surface area contributed by atoms with Crippen molar-refractivity contribution in [2.75, 3.05) is 12.0 Å². The third-order valence-electron chi connectivity index (χ3n) is 3.32. The SMILES string of the molecule is C(=N\Nc1ccncc1)/C1CNNC1c1ccccc1. The minimum atomic E-state index is 0.249. The van der Waals surface area contributed by atoms with Crippen LogP contribution in [0.15, 0.2) is 60.0 Å². The first-order valence-corrected chi connectivity index (χ1v) is 6.66. The minimum Gasteiger partial charge on any atom is -0.279 e. The van der Waals surface area contributed by atoms with Gasteiger partial charge in [0, 0.05) is 31.1 Å². The van der Waals surface area contributed by atoms with E-state index in [9.17, 15) is 0 Å². The maximum atomic E-state index is 4.32. The molecule has 3 N–H and O–H groups in total. The molecule has 2 atom stereocenters. The number of hydrogen-bond donors (Lipinski definition) is 3. The summed E-state index contributed by atoms with van der Waals surface area (Å²) >= 11 is 0. The molecule has 0 amide bonds. The first kappa shape index (κ1) is 12.8. The molecule has 1 saturated heterocycles. The van der Waals surface area contributed by atoms with Gasteiger partial charge in [0.15, 0.2) is 0 Å². The third-order valence-corrected chi connectivity index (χ3v) is 3.32. The fraction of sp³-hybridized carbons (Fsp3) is 0.200. The number of hydrogen-bond acceptors (Lipinski definition) is 5. The quantitative estimate of drug-likeness (QED) is 0.585. The zero-order chi connectivity index (χ0) is 13.6. The number of rotatable bonds is 4. The van der Waals surface area contributed by atoms with E-state index in [1.165, 1.54) is 5.56 Å². The highest BCUT2D eigenvalue weighted by atomic mass is 15.4. The van der Waals surface area contributed by atoms with E-state index in [4.69, 9.17) is 0 Å². The fourth-order valence-corrected chi connectivity index (χ4v) is 2.28. The van der Waals surface area contributed by atoms with E-state index in [2.05, 4.69) is 50.6 Å². The van der Waals surface area contributed by atoms with Crippen LogP contribution in [0, 0.1) is 5.92 Å². The number of nitrogens with zero attached hydrogens (tertiary/aromatic N) is 2. The number of benzene rings is 1. The smallest absolute Gasteiger partial charge is 0.0592 e. The molecule has 0 spiro atoms. The van der Waals surface area contributed by atoms with Crippen LogP contribution in [0.3, 0.4) is 0 Å². The molecule has 0 aliphatic carbocycles. The van der Waals surface area contributed by atoms with Crippen LogP contribution in [0.25, 0.3) is 0 Å². The van der Waals surface area contributed by atoms with E-state index >= 15 is 0 Å². The Hall–Kier alpha value is -2.24. The van der Waals surface area contributed by atoms with Crippen LogP contribution in [0.1, 0.15) is 11.6 Å². The van der Waals surface area contributed by atoms with E-state index < -0.39 is 0 Å². The van der Waals surface area contributed by atoms with Crippen LogP contribution in [0.2, 0.25) is 0 Å². The molecule has 1 aliphatic heterocycles. The van der Waals surface area contributed by atoms with Crippen LogP contribution < -0.4 is 16.3 Å². The van der Waals surface area contributed by atoms with Crippen LogP contribution >= 0.6 is 0 Å². The second-order valence-electron chi connectivity index (χ2n) is 4.70. The topological polar surface area (TPSA) is 61.3 Å². The number of pyridine rings is 1. The van der Waals surface area contributed by atoms with Crippen molar-refractivity contribution < 1.29 is 0 Å². The Kier molecular flexibility index (Phi) is 4.01. The van der Waals surface area contributed by atoms with Crippen LogP contribution in [-0.4, -0.2) is 17.7 Å². The summed E-state index contributed by atoms with van der Waals surface area (Å²) in [5, 5.41) is 4.32. The maximum absolute atomic E-state index is 4.32. The van der Waals surface area contributed by atoms with Gasteiger partial charge in [-0.2, -0.15) is 5.10 Å². The molecule has 3 rings (SSSR count). The second-order valence-corrected chi connectivity index (χ2v) is 4.70. The van der Waals surface area contributed by atoms with Gasteiger partial charge in [-0.15, -0.1) is 0 Å². The van der Waals surface area contributed by atoms with Gasteiger partial charge in [-0.25, -0.2) is 5.43 Å². The van der Waals surface area contributed by atoms with Gasteiger partial charge in [0.05, 0.1) is 11.7 Å². The second kappa shape index (κ2) is 6.27. The zero-order valence-corrected chi connectivity index (χ0v) is 11.0. The van der Waals surface area contributed by atoms with Crippen molar-refractivity contribution in [1.29, 1.82) is 0 Å². The number of nitrogens with one attached hydrogen (secondary N) is 3. The van der Waals surface area contributed by atoms with Gasteiger partial charge >= 0.3 is 0 Å². The molecule has 5 nitrogen and oxygen atoms in total. The molecule has 2 unspecified atom stereocenters. The molecule has 102 valence electrons. The Morgan fingerprint density at radius 2 is 1.95 bits per heavy atom. The molecule has 2 aromatic rings. The lowest BCUT2D eigenvalue weighted by Gasteiger charge is -2.14. The van der Waals surface area contributed by atoms with Gasteiger partial charge in [0.25, 0.3) is 0 Å². The summed E-state index contributed by atoms with van der Waals surface area (Å²) in [5.41, 5.74) is 11.7. The Morgan fingerprint density at radius 1 is 1.15 bits per heavy atom. The average molecular weight is 267 g/mol. The monoisotopic (exact) mass is 267 g/mol. The van der Waals surface area contributed by atoms with Crippen molar-refractivity contribution in [3.05, 3.63) is 60.4 Å². The van der Waals surface area contributed by atoms with Crippen LogP contribution in [-0.2, 0) is 0 Å². The van der Waals surface area contributed by atoms with E-state index in [-0.39, 0.29) is 6.04 Å². The van der Waals surface area contributed by atoms with Gasteiger partial charge in [0.1, 0.15) is 0 Å². The highest BCUT2D eigenvalue weighted by Crippen LogP contribution is 2.23. The molecule has 1 aromatic carbocycles. The number of anilines is 1. The standard InChI is InChI=1S/C15H17N5/c1-2-4-12(5-3-1)15-13(11-18-20-15)10-17-19-14-6-8-16-9-7-14/h1-10,13,15,18,20H,11H2,(H,16,19)/b17-10+. The number of hydrazine groups is 1. The zero-order valence-electron chi connectivity index (χ0n) is 11.0. The predicted octanol–water partition coefficient (Wildman–Crippen LogP) is 1.94. The number of aromatic nitrogens is 1. The molecule has 0 bridgehead atoms. The Balaban J connectivity index is 1.64. The maximum Gasteiger partial charge on any atom is 0.0592 e. The normalized spacial score (nSPS) is 22.2. The summed E-state index contributed by atoms with van der Waals surface area (Å²) in [6.45, 7) is 0.862. The summed E-state index contributed by atoms with van der Waals surface area (Å²) in [4.78, 5) is 3.97. The van der Waals surface area contributed by atoms with E-state index in [1.807, 2.05) is 24.4 Å². The average Bonchev–Trinajstić information content (AvgIpc) is 2.98. The lowest BCUT2D eigenvalue weighted by atomic mass is 9.96.